The van der Waals surface area contributed by atoms with Crippen LogP contribution in [0.3, 0.4) is 0 Å². The van der Waals surface area contributed by atoms with Crippen molar-refractivity contribution in [1.29, 1.82) is 0 Å². The molecule has 0 spiro atoms. The lowest BCUT2D eigenvalue weighted by atomic mass is 10.2. The minimum atomic E-state index is -0.565. The Bertz CT molecular complexity index is 265. The van der Waals surface area contributed by atoms with Crippen LogP contribution in [0.25, 0.3) is 0 Å². The van der Waals surface area contributed by atoms with Crippen molar-refractivity contribution in [1.82, 2.24) is 0 Å². The quantitative estimate of drug-likeness (QED) is 0.328. The summed E-state index contributed by atoms with van der Waals surface area (Å²) in [6.07, 6.45) is 1.14. The summed E-state index contributed by atoms with van der Waals surface area (Å²) in [6, 6.07) is -1.13. The van der Waals surface area contributed by atoms with Gasteiger partial charge in [0.25, 0.3) is 0 Å². The number of carbonyl (C=O) groups excluding carboxylic acids is 2. The van der Waals surface area contributed by atoms with E-state index in [1.165, 1.54) is 0 Å². The Kier molecular flexibility index (Phi) is 12.0. The smallest absolute Gasteiger partial charge is 0.322 e. The molecule has 0 amide bonds. The van der Waals surface area contributed by atoms with Crippen molar-refractivity contribution in [3.63, 3.8) is 0 Å². The molecule has 0 aromatic carbocycles. The van der Waals surface area contributed by atoms with E-state index in [2.05, 4.69) is 0 Å². The third-order valence-electron chi connectivity index (χ3n) is 2.29. The maximum atomic E-state index is 11.3. The van der Waals surface area contributed by atoms with Gasteiger partial charge in [-0.1, -0.05) is 21.6 Å². The summed E-state index contributed by atoms with van der Waals surface area (Å²) < 4.78 is 9.63. The van der Waals surface area contributed by atoms with Gasteiger partial charge in [0.05, 0.1) is 13.2 Å². The molecule has 0 heterocycles. The fraction of sp³-hybridized carbons (Fsp3) is 0.833. The van der Waals surface area contributed by atoms with E-state index in [0.29, 0.717) is 26.1 Å². The minimum absolute atomic E-state index is 0.347. The van der Waals surface area contributed by atoms with Crippen molar-refractivity contribution in [2.45, 2.75) is 38.8 Å². The lowest BCUT2D eigenvalue weighted by Crippen LogP contribution is -2.33. The summed E-state index contributed by atoms with van der Waals surface area (Å²) in [5.74, 6) is 0.781. The zero-order valence-corrected chi connectivity index (χ0v) is 13.6. The van der Waals surface area contributed by atoms with Gasteiger partial charge in [0.2, 0.25) is 0 Å². The second kappa shape index (κ2) is 12.3. The van der Waals surface area contributed by atoms with Crippen LogP contribution in [0.5, 0.6) is 0 Å². The van der Waals surface area contributed by atoms with Gasteiger partial charge in [-0.15, -0.1) is 0 Å². The molecule has 0 aromatic heterocycles. The van der Waals surface area contributed by atoms with Gasteiger partial charge in [-0.3, -0.25) is 9.59 Å². The van der Waals surface area contributed by atoms with E-state index in [4.69, 9.17) is 20.9 Å². The molecule has 20 heavy (non-hydrogen) atoms. The van der Waals surface area contributed by atoms with Crippen LogP contribution in [0.2, 0.25) is 0 Å². The summed E-state index contributed by atoms with van der Waals surface area (Å²) in [5.41, 5.74) is 11.3. The Morgan fingerprint density at radius 1 is 0.900 bits per heavy atom. The zero-order chi connectivity index (χ0) is 15.4. The number of carbonyl (C=O) groups is 2. The molecule has 0 bridgehead atoms. The molecule has 8 heteroatoms. The molecule has 0 aliphatic carbocycles. The SMILES string of the molecule is CCOC(=O)[C@@H](N)CCSSCC[C@H](N)C(=O)OCC. The number of nitrogens with two attached hydrogens (primary N) is 2. The van der Waals surface area contributed by atoms with Gasteiger partial charge < -0.3 is 20.9 Å². The average Bonchev–Trinajstić information content (AvgIpc) is 2.42. The van der Waals surface area contributed by atoms with Gasteiger partial charge in [-0.05, 0) is 26.7 Å². The van der Waals surface area contributed by atoms with Crippen LogP contribution in [0, 0.1) is 0 Å². The number of hydrogen-bond acceptors (Lipinski definition) is 8. The van der Waals surface area contributed by atoms with E-state index in [0.717, 1.165) is 11.5 Å². The summed E-state index contributed by atoms with van der Waals surface area (Å²) >= 11 is 0. The highest BCUT2D eigenvalue weighted by Crippen LogP contribution is 2.23. The molecule has 0 unspecified atom stereocenters. The number of rotatable bonds is 11. The Hall–Kier alpha value is -0.440. The predicted molar refractivity (Wildman–Crippen MR) is 83.4 cm³/mol. The van der Waals surface area contributed by atoms with E-state index >= 15 is 0 Å². The first-order chi connectivity index (χ1) is 9.52. The summed E-state index contributed by atoms with van der Waals surface area (Å²) in [7, 11) is 3.21. The van der Waals surface area contributed by atoms with Gasteiger partial charge in [-0.2, -0.15) is 0 Å². The lowest BCUT2D eigenvalue weighted by Gasteiger charge is -2.11. The van der Waals surface area contributed by atoms with Crippen molar-refractivity contribution >= 4 is 33.5 Å². The molecular formula is C12H24N2O4S2. The van der Waals surface area contributed by atoms with E-state index in [1.807, 2.05) is 0 Å². The Labute approximate surface area is 128 Å². The minimum Gasteiger partial charge on any atom is -0.465 e. The highest BCUT2D eigenvalue weighted by atomic mass is 33.1. The number of hydrogen-bond donors (Lipinski definition) is 2. The van der Waals surface area contributed by atoms with Crippen molar-refractivity contribution in [2.75, 3.05) is 24.7 Å². The monoisotopic (exact) mass is 324 g/mol. The molecule has 0 rings (SSSR count). The molecule has 6 nitrogen and oxygen atoms in total. The third kappa shape index (κ3) is 9.46. The molecular weight excluding hydrogens is 300 g/mol. The van der Waals surface area contributed by atoms with Crippen LogP contribution >= 0.6 is 21.6 Å². The van der Waals surface area contributed by atoms with Gasteiger partial charge in [0.1, 0.15) is 12.1 Å². The molecule has 118 valence electrons. The largest absolute Gasteiger partial charge is 0.465 e. The molecule has 0 aromatic rings. The molecule has 4 N–H and O–H groups in total. The van der Waals surface area contributed by atoms with Gasteiger partial charge in [-0.25, -0.2) is 0 Å². The van der Waals surface area contributed by atoms with Crippen LogP contribution in [0.4, 0.5) is 0 Å². The maximum Gasteiger partial charge on any atom is 0.322 e. The highest BCUT2D eigenvalue weighted by Gasteiger charge is 2.15. The standard InChI is InChI=1S/C12H24N2O4S2/c1-3-17-11(15)9(13)5-7-19-20-8-6-10(14)12(16)18-4-2/h9-10H,3-8,13-14H2,1-2H3/t9-,10-/m0/s1. The number of esters is 2. The van der Waals surface area contributed by atoms with Crippen LogP contribution < -0.4 is 11.5 Å². The van der Waals surface area contributed by atoms with E-state index in [-0.39, 0.29) is 11.9 Å². The molecule has 0 aliphatic heterocycles. The average molecular weight is 324 g/mol. The van der Waals surface area contributed by atoms with Crippen molar-refractivity contribution < 1.29 is 19.1 Å². The highest BCUT2D eigenvalue weighted by molar-refractivity contribution is 8.76. The lowest BCUT2D eigenvalue weighted by molar-refractivity contribution is -0.145. The fourth-order valence-corrected chi connectivity index (χ4v) is 3.42. The molecule has 0 saturated heterocycles. The topological polar surface area (TPSA) is 105 Å². The Balaban J connectivity index is 3.53. The molecule has 2 atom stereocenters. The maximum absolute atomic E-state index is 11.3. The molecule has 0 saturated carbocycles. The molecule has 0 aliphatic rings. The normalized spacial score (nSPS) is 13.6. The first kappa shape index (κ1) is 19.6. The summed E-state index contributed by atoms with van der Waals surface area (Å²) in [4.78, 5) is 22.5. The first-order valence-corrected chi connectivity index (χ1v) is 9.10. The van der Waals surface area contributed by atoms with Crippen molar-refractivity contribution in [3.8, 4) is 0 Å². The van der Waals surface area contributed by atoms with E-state index in [9.17, 15) is 9.59 Å². The summed E-state index contributed by atoms with van der Waals surface area (Å²) in [6.45, 7) is 4.20. The van der Waals surface area contributed by atoms with Crippen LogP contribution in [-0.4, -0.2) is 48.7 Å². The first-order valence-electron chi connectivity index (χ1n) is 6.61. The molecule has 0 fully saturated rings. The van der Waals surface area contributed by atoms with Crippen LogP contribution in [0.1, 0.15) is 26.7 Å². The Morgan fingerprint density at radius 3 is 1.55 bits per heavy atom. The van der Waals surface area contributed by atoms with Gasteiger partial charge in [0.15, 0.2) is 0 Å². The van der Waals surface area contributed by atoms with E-state index < -0.39 is 12.1 Å². The Morgan fingerprint density at radius 2 is 1.25 bits per heavy atom. The van der Waals surface area contributed by atoms with Gasteiger partial charge >= 0.3 is 11.9 Å². The van der Waals surface area contributed by atoms with Crippen LogP contribution in [-0.2, 0) is 19.1 Å². The second-order valence-electron chi connectivity index (χ2n) is 3.94. The third-order valence-corrected chi connectivity index (χ3v) is 4.76. The van der Waals surface area contributed by atoms with Crippen molar-refractivity contribution in [3.05, 3.63) is 0 Å². The zero-order valence-electron chi connectivity index (χ0n) is 12.0. The fourth-order valence-electron chi connectivity index (χ4n) is 1.20. The van der Waals surface area contributed by atoms with Crippen molar-refractivity contribution in [2.24, 2.45) is 11.5 Å². The molecule has 0 radical (unpaired) electrons. The summed E-state index contributed by atoms with van der Waals surface area (Å²) in [5, 5.41) is 0. The van der Waals surface area contributed by atoms with Crippen LogP contribution in [0.15, 0.2) is 0 Å². The second-order valence-corrected chi connectivity index (χ2v) is 6.64. The van der Waals surface area contributed by atoms with Gasteiger partial charge in [0, 0.05) is 11.5 Å². The van der Waals surface area contributed by atoms with E-state index in [1.54, 1.807) is 35.4 Å². The predicted octanol–water partition coefficient (Wildman–Crippen LogP) is 0.929. The number of ether oxygens (including phenoxy) is 2.